The SMILES string of the molecule is COc1ccc(C)cc1C(=O)C(C#N)c1ccc(Cl)cc1. The second kappa shape index (κ2) is 6.43. The Morgan fingerprint density at radius 3 is 2.48 bits per heavy atom. The summed E-state index contributed by atoms with van der Waals surface area (Å²) in [4.78, 5) is 12.7. The first-order valence-electron chi connectivity index (χ1n) is 6.40. The van der Waals surface area contributed by atoms with E-state index in [0.717, 1.165) is 5.56 Å². The number of nitriles is 1. The second-order valence-electron chi connectivity index (χ2n) is 4.68. The Labute approximate surface area is 128 Å². The molecule has 2 aromatic carbocycles. The van der Waals surface area contributed by atoms with Crippen molar-refractivity contribution >= 4 is 17.4 Å². The van der Waals surface area contributed by atoms with Crippen molar-refractivity contribution in [2.45, 2.75) is 12.8 Å². The molecule has 3 nitrogen and oxygen atoms in total. The highest BCUT2D eigenvalue weighted by Crippen LogP contribution is 2.28. The summed E-state index contributed by atoms with van der Waals surface area (Å²) in [6.45, 7) is 1.89. The molecule has 0 N–H and O–H groups in total. The monoisotopic (exact) mass is 299 g/mol. The number of halogens is 1. The predicted octanol–water partition coefficient (Wildman–Crippen LogP) is 4.15. The highest BCUT2D eigenvalue weighted by atomic mass is 35.5. The van der Waals surface area contributed by atoms with Crippen LogP contribution in [0.3, 0.4) is 0 Å². The molecular formula is C17H14ClNO2. The maximum absolute atomic E-state index is 12.7. The van der Waals surface area contributed by atoms with Gasteiger partial charge in [0.15, 0.2) is 5.78 Å². The van der Waals surface area contributed by atoms with Crippen LogP contribution in [0, 0.1) is 18.3 Å². The molecular weight excluding hydrogens is 286 g/mol. The van der Waals surface area contributed by atoms with Gasteiger partial charge < -0.3 is 4.74 Å². The van der Waals surface area contributed by atoms with Crippen molar-refractivity contribution < 1.29 is 9.53 Å². The first kappa shape index (κ1) is 15.1. The summed E-state index contributed by atoms with van der Waals surface area (Å²) in [5, 5.41) is 9.93. The van der Waals surface area contributed by atoms with Crippen molar-refractivity contribution in [3.8, 4) is 11.8 Å². The van der Waals surface area contributed by atoms with E-state index in [0.29, 0.717) is 21.9 Å². The van der Waals surface area contributed by atoms with Crippen molar-refractivity contribution in [3.05, 3.63) is 64.2 Å². The van der Waals surface area contributed by atoms with Gasteiger partial charge in [-0.3, -0.25) is 4.79 Å². The van der Waals surface area contributed by atoms with Crippen LogP contribution in [0.15, 0.2) is 42.5 Å². The van der Waals surface area contributed by atoms with Crippen LogP contribution in [0.4, 0.5) is 0 Å². The van der Waals surface area contributed by atoms with Gasteiger partial charge in [-0.1, -0.05) is 35.4 Å². The maximum atomic E-state index is 12.7. The van der Waals surface area contributed by atoms with Crippen LogP contribution in [0.25, 0.3) is 0 Å². The number of carbonyl (C=O) groups is 1. The molecule has 0 radical (unpaired) electrons. The van der Waals surface area contributed by atoms with E-state index in [1.54, 1.807) is 36.4 Å². The van der Waals surface area contributed by atoms with Gasteiger partial charge in [0.25, 0.3) is 0 Å². The molecule has 0 bridgehead atoms. The van der Waals surface area contributed by atoms with Gasteiger partial charge in [-0.15, -0.1) is 0 Å². The van der Waals surface area contributed by atoms with Gasteiger partial charge in [0.05, 0.1) is 18.7 Å². The lowest BCUT2D eigenvalue weighted by Crippen LogP contribution is -2.12. The van der Waals surface area contributed by atoms with Crippen molar-refractivity contribution in [3.63, 3.8) is 0 Å². The summed E-state index contributed by atoms with van der Waals surface area (Å²) < 4.78 is 5.22. The first-order valence-corrected chi connectivity index (χ1v) is 6.78. The van der Waals surface area contributed by atoms with Gasteiger partial charge in [0, 0.05) is 5.02 Å². The molecule has 0 fully saturated rings. The van der Waals surface area contributed by atoms with E-state index in [2.05, 4.69) is 6.07 Å². The molecule has 21 heavy (non-hydrogen) atoms. The zero-order valence-electron chi connectivity index (χ0n) is 11.8. The molecule has 2 aromatic rings. The average Bonchev–Trinajstić information content (AvgIpc) is 2.49. The Kier molecular flexibility index (Phi) is 4.62. The van der Waals surface area contributed by atoms with Gasteiger partial charge in [-0.2, -0.15) is 5.26 Å². The van der Waals surface area contributed by atoms with Crippen molar-refractivity contribution in [2.75, 3.05) is 7.11 Å². The third-order valence-electron chi connectivity index (χ3n) is 3.22. The second-order valence-corrected chi connectivity index (χ2v) is 5.12. The zero-order valence-corrected chi connectivity index (χ0v) is 12.5. The predicted molar refractivity (Wildman–Crippen MR) is 81.9 cm³/mol. The van der Waals surface area contributed by atoms with Gasteiger partial charge in [-0.05, 0) is 36.8 Å². The Morgan fingerprint density at radius 2 is 1.90 bits per heavy atom. The highest BCUT2D eigenvalue weighted by molar-refractivity contribution is 6.30. The standard InChI is InChI=1S/C17H14ClNO2/c1-11-3-8-16(21-2)14(9-11)17(20)15(10-19)12-4-6-13(18)7-5-12/h3-9,15H,1-2H3. The molecule has 0 spiro atoms. The number of hydrogen-bond acceptors (Lipinski definition) is 3. The van der Waals surface area contributed by atoms with E-state index < -0.39 is 5.92 Å². The number of nitrogens with zero attached hydrogens (tertiary/aromatic N) is 1. The number of rotatable bonds is 4. The van der Waals surface area contributed by atoms with Crippen LogP contribution in [-0.2, 0) is 0 Å². The normalized spacial score (nSPS) is 11.5. The molecule has 0 aromatic heterocycles. The maximum Gasteiger partial charge on any atom is 0.188 e. The molecule has 0 aliphatic carbocycles. The fraction of sp³-hybridized carbons (Fsp3) is 0.176. The topological polar surface area (TPSA) is 50.1 Å². The number of hydrogen-bond donors (Lipinski definition) is 0. The summed E-state index contributed by atoms with van der Waals surface area (Å²) in [6.07, 6.45) is 0. The third kappa shape index (κ3) is 3.24. The van der Waals surface area contributed by atoms with Crippen LogP contribution in [0.5, 0.6) is 5.75 Å². The molecule has 4 heteroatoms. The quantitative estimate of drug-likeness (QED) is 0.797. The van der Waals surface area contributed by atoms with E-state index in [4.69, 9.17) is 16.3 Å². The molecule has 1 unspecified atom stereocenters. The van der Waals surface area contributed by atoms with Crippen molar-refractivity contribution in [2.24, 2.45) is 0 Å². The van der Waals surface area contributed by atoms with Gasteiger partial charge in [0.1, 0.15) is 11.7 Å². The summed E-state index contributed by atoms with van der Waals surface area (Å²) in [5.74, 6) is -0.682. The molecule has 2 rings (SSSR count). The number of aryl methyl sites for hydroxylation is 1. The number of methoxy groups -OCH3 is 1. The fourth-order valence-electron chi connectivity index (χ4n) is 2.11. The zero-order chi connectivity index (χ0) is 15.4. The third-order valence-corrected chi connectivity index (χ3v) is 3.47. The fourth-order valence-corrected chi connectivity index (χ4v) is 2.24. The number of Topliss-reactive ketones (excluding diaryl/α,β-unsaturated/α-hetero) is 1. The van der Waals surface area contributed by atoms with Crippen molar-refractivity contribution in [1.82, 2.24) is 0 Å². The van der Waals surface area contributed by atoms with Crippen LogP contribution in [0.1, 0.15) is 27.4 Å². The van der Waals surface area contributed by atoms with Crippen molar-refractivity contribution in [1.29, 1.82) is 5.26 Å². The minimum Gasteiger partial charge on any atom is -0.496 e. The van der Waals surface area contributed by atoms with Crippen LogP contribution < -0.4 is 4.74 Å². The molecule has 0 aliphatic heterocycles. The molecule has 1 atom stereocenters. The highest BCUT2D eigenvalue weighted by Gasteiger charge is 2.24. The van der Waals surface area contributed by atoms with E-state index in [-0.39, 0.29) is 5.78 Å². The lowest BCUT2D eigenvalue weighted by Gasteiger charge is -2.12. The average molecular weight is 300 g/mol. The molecule has 0 saturated heterocycles. The Balaban J connectivity index is 2.44. The van der Waals surface area contributed by atoms with Crippen LogP contribution in [-0.4, -0.2) is 12.9 Å². The Bertz CT molecular complexity index is 702. The molecule has 0 saturated carbocycles. The summed E-state index contributed by atoms with van der Waals surface area (Å²) in [5.41, 5.74) is 1.97. The van der Waals surface area contributed by atoms with Crippen LogP contribution in [0.2, 0.25) is 5.02 Å². The van der Waals surface area contributed by atoms with E-state index in [1.165, 1.54) is 7.11 Å². The van der Waals surface area contributed by atoms with Gasteiger partial charge in [0.2, 0.25) is 0 Å². The van der Waals surface area contributed by atoms with Gasteiger partial charge in [-0.25, -0.2) is 0 Å². The smallest absolute Gasteiger partial charge is 0.188 e. The summed E-state index contributed by atoms with van der Waals surface area (Å²) in [7, 11) is 1.51. The number of carbonyl (C=O) groups excluding carboxylic acids is 1. The Morgan fingerprint density at radius 1 is 1.24 bits per heavy atom. The molecule has 106 valence electrons. The molecule has 0 aliphatic rings. The minimum atomic E-state index is -0.877. The number of benzene rings is 2. The first-order chi connectivity index (χ1) is 10.1. The largest absolute Gasteiger partial charge is 0.496 e. The summed E-state index contributed by atoms with van der Waals surface area (Å²) in [6, 6.07) is 14.1. The van der Waals surface area contributed by atoms with E-state index in [9.17, 15) is 10.1 Å². The summed E-state index contributed by atoms with van der Waals surface area (Å²) >= 11 is 5.84. The Hall–Kier alpha value is -2.31. The molecule has 0 heterocycles. The number of ether oxygens (including phenoxy) is 1. The van der Waals surface area contributed by atoms with E-state index in [1.807, 2.05) is 13.0 Å². The lowest BCUT2D eigenvalue weighted by atomic mass is 9.91. The van der Waals surface area contributed by atoms with E-state index >= 15 is 0 Å². The number of ketones is 1. The van der Waals surface area contributed by atoms with Crippen LogP contribution >= 0.6 is 11.6 Å². The van der Waals surface area contributed by atoms with Gasteiger partial charge >= 0.3 is 0 Å². The molecule has 0 amide bonds. The minimum absolute atomic E-state index is 0.277. The lowest BCUT2D eigenvalue weighted by molar-refractivity contribution is 0.0976.